The highest BCUT2D eigenvalue weighted by Crippen LogP contribution is 2.24. The van der Waals surface area contributed by atoms with Crippen LogP contribution in [0.1, 0.15) is 18.4 Å². The lowest BCUT2D eigenvalue weighted by molar-refractivity contribution is -0.133. The number of nitrogens with zero attached hydrogens (tertiary/aromatic N) is 3. The van der Waals surface area contributed by atoms with Gasteiger partial charge in [0, 0.05) is 19.3 Å². The summed E-state index contributed by atoms with van der Waals surface area (Å²) in [6, 6.07) is 10.3. The molecule has 1 saturated heterocycles. The average molecular weight is 465 g/mol. The maximum Gasteiger partial charge on any atom is 0.243 e. The number of piperidine rings is 1. The Morgan fingerprint density at radius 1 is 1.26 bits per heavy atom. The van der Waals surface area contributed by atoms with Crippen LogP contribution in [0, 0.1) is 12.8 Å². The van der Waals surface area contributed by atoms with Crippen LogP contribution < -0.4 is 9.62 Å². The third-order valence-corrected chi connectivity index (χ3v) is 6.54. The molecule has 0 saturated carbocycles. The number of hydrogen-bond acceptors (Lipinski definition) is 5. The number of rotatable bonds is 6. The van der Waals surface area contributed by atoms with Gasteiger partial charge >= 0.3 is 0 Å². The van der Waals surface area contributed by atoms with Crippen molar-refractivity contribution in [3.8, 4) is 0 Å². The summed E-state index contributed by atoms with van der Waals surface area (Å²) in [5.74, 6) is -0.581. The summed E-state index contributed by atoms with van der Waals surface area (Å²) < 4.78 is 25.9. The number of nitrogens with one attached hydrogen (secondary N) is 1. The summed E-state index contributed by atoms with van der Waals surface area (Å²) in [6.45, 7) is 2.19. The Balaban J connectivity index is 1.68. The normalized spacial score (nSPS) is 16.6. The topological polar surface area (TPSA) is 99.7 Å². The fraction of sp³-hybridized carbons (Fsp3) is 0.381. The number of amides is 2. The lowest BCUT2D eigenvalue weighted by Crippen LogP contribution is -2.48. The molecule has 0 bridgehead atoms. The summed E-state index contributed by atoms with van der Waals surface area (Å²) in [7, 11) is -3.66. The number of carbonyl (C=O) groups excluding carboxylic acids is 2. The van der Waals surface area contributed by atoms with Crippen LogP contribution in [0.2, 0.25) is 5.02 Å². The van der Waals surface area contributed by atoms with Crippen molar-refractivity contribution in [1.29, 1.82) is 0 Å². The molecule has 8 nitrogen and oxygen atoms in total. The second-order valence-electron chi connectivity index (χ2n) is 7.59. The minimum atomic E-state index is -3.66. The van der Waals surface area contributed by atoms with Gasteiger partial charge in [-0.15, -0.1) is 0 Å². The van der Waals surface area contributed by atoms with Crippen LogP contribution in [0.25, 0.3) is 0 Å². The minimum Gasteiger partial charge on any atom is -0.340 e. The van der Waals surface area contributed by atoms with E-state index in [2.05, 4.69) is 10.3 Å². The van der Waals surface area contributed by atoms with E-state index in [0.29, 0.717) is 35.9 Å². The quantitative estimate of drug-likeness (QED) is 0.708. The highest BCUT2D eigenvalue weighted by Gasteiger charge is 2.31. The van der Waals surface area contributed by atoms with E-state index in [1.165, 1.54) is 6.20 Å². The van der Waals surface area contributed by atoms with Gasteiger partial charge in [0.25, 0.3) is 0 Å². The zero-order valence-electron chi connectivity index (χ0n) is 17.4. The smallest absolute Gasteiger partial charge is 0.243 e. The summed E-state index contributed by atoms with van der Waals surface area (Å²) >= 11 is 5.81. The Bertz CT molecular complexity index is 1060. The lowest BCUT2D eigenvalue weighted by Gasteiger charge is -2.34. The first kappa shape index (κ1) is 23.0. The van der Waals surface area contributed by atoms with Gasteiger partial charge in [0.15, 0.2) is 0 Å². The Kier molecular flexibility index (Phi) is 7.17. The zero-order chi connectivity index (χ0) is 22.6. The van der Waals surface area contributed by atoms with Crippen LogP contribution in [-0.2, 0) is 19.6 Å². The van der Waals surface area contributed by atoms with Crippen LogP contribution >= 0.6 is 11.6 Å². The zero-order valence-corrected chi connectivity index (χ0v) is 19.0. The maximum atomic E-state index is 13.0. The van der Waals surface area contributed by atoms with E-state index >= 15 is 0 Å². The van der Waals surface area contributed by atoms with Gasteiger partial charge in [-0.2, -0.15) is 0 Å². The Hall–Kier alpha value is -2.65. The molecule has 1 aliphatic heterocycles. The number of anilines is 2. The Morgan fingerprint density at radius 3 is 2.65 bits per heavy atom. The number of hydrogen-bond donors (Lipinski definition) is 1. The fourth-order valence-electron chi connectivity index (χ4n) is 3.54. The molecular formula is C21H25ClN4O4S. The fourth-order valence-corrected chi connectivity index (χ4v) is 4.56. The molecule has 166 valence electrons. The molecule has 31 heavy (non-hydrogen) atoms. The molecule has 2 aromatic rings. The first-order chi connectivity index (χ1) is 14.6. The molecule has 1 N–H and O–H groups in total. The van der Waals surface area contributed by atoms with Gasteiger partial charge < -0.3 is 10.2 Å². The number of aromatic nitrogens is 1. The van der Waals surface area contributed by atoms with Crippen LogP contribution in [0.5, 0.6) is 0 Å². The van der Waals surface area contributed by atoms with E-state index in [1.807, 2.05) is 6.07 Å². The average Bonchev–Trinajstić information content (AvgIpc) is 2.73. The lowest BCUT2D eigenvalue weighted by atomic mass is 9.97. The van der Waals surface area contributed by atoms with Crippen LogP contribution in [0.3, 0.4) is 0 Å². The predicted molar refractivity (Wildman–Crippen MR) is 121 cm³/mol. The van der Waals surface area contributed by atoms with Gasteiger partial charge in [-0.1, -0.05) is 29.8 Å². The number of pyridine rings is 1. The van der Waals surface area contributed by atoms with Crippen LogP contribution in [-0.4, -0.2) is 56.0 Å². The highest BCUT2D eigenvalue weighted by molar-refractivity contribution is 7.92. The van der Waals surface area contributed by atoms with Gasteiger partial charge in [0.1, 0.15) is 12.4 Å². The molecule has 10 heteroatoms. The van der Waals surface area contributed by atoms with Crippen molar-refractivity contribution in [3.05, 3.63) is 53.2 Å². The molecule has 0 radical (unpaired) electrons. The molecule has 1 fully saturated rings. The van der Waals surface area contributed by atoms with Crippen molar-refractivity contribution >= 4 is 44.9 Å². The second kappa shape index (κ2) is 9.65. The third-order valence-electron chi connectivity index (χ3n) is 5.19. The number of likely N-dealkylation sites (tertiary alicyclic amines) is 1. The number of para-hydroxylation sites is 1. The molecule has 1 aliphatic rings. The van der Waals surface area contributed by atoms with Crippen molar-refractivity contribution in [2.45, 2.75) is 19.8 Å². The first-order valence-electron chi connectivity index (χ1n) is 9.88. The molecule has 0 spiro atoms. The van der Waals surface area contributed by atoms with Crippen LogP contribution in [0.4, 0.5) is 11.5 Å². The molecule has 1 atom stereocenters. The van der Waals surface area contributed by atoms with E-state index in [1.54, 1.807) is 42.2 Å². The molecule has 2 heterocycles. The number of benzene rings is 1. The van der Waals surface area contributed by atoms with Crippen molar-refractivity contribution in [2.75, 3.05) is 35.5 Å². The molecule has 1 aromatic carbocycles. The summed E-state index contributed by atoms with van der Waals surface area (Å²) in [5.41, 5.74) is 1.23. The summed E-state index contributed by atoms with van der Waals surface area (Å²) in [6.07, 6.45) is 3.81. The van der Waals surface area contributed by atoms with Gasteiger partial charge in [0.05, 0.1) is 22.9 Å². The summed E-state index contributed by atoms with van der Waals surface area (Å²) in [5, 5.41) is 3.21. The number of sulfonamides is 1. The van der Waals surface area contributed by atoms with Crippen molar-refractivity contribution in [2.24, 2.45) is 5.92 Å². The monoisotopic (exact) mass is 464 g/mol. The molecule has 0 aliphatic carbocycles. The van der Waals surface area contributed by atoms with Gasteiger partial charge in [-0.05, 0) is 43.5 Å². The van der Waals surface area contributed by atoms with Gasteiger partial charge in [0.2, 0.25) is 21.8 Å². The Labute approximate surface area is 187 Å². The molecular weight excluding hydrogens is 440 g/mol. The third kappa shape index (κ3) is 5.95. The van der Waals surface area contributed by atoms with Crippen LogP contribution in [0.15, 0.2) is 42.6 Å². The number of aryl methyl sites for hydroxylation is 1. The highest BCUT2D eigenvalue weighted by atomic mass is 35.5. The van der Waals surface area contributed by atoms with Gasteiger partial charge in [-0.3, -0.25) is 13.9 Å². The van der Waals surface area contributed by atoms with Crippen molar-refractivity contribution in [3.63, 3.8) is 0 Å². The van der Waals surface area contributed by atoms with E-state index in [-0.39, 0.29) is 24.9 Å². The molecule has 1 unspecified atom stereocenters. The SMILES string of the molecule is Cc1ccccc1N(CC(=O)N1CCCC(C(=O)Nc2ccc(Cl)cn2)C1)S(C)(=O)=O. The van der Waals surface area contributed by atoms with Crippen molar-refractivity contribution in [1.82, 2.24) is 9.88 Å². The second-order valence-corrected chi connectivity index (χ2v) is 9.93. The maximum absolute atomic E-state index is 13.0. The molecule has 2 amide bonds. The van der Waals surface area contributed by atoms with E-state index in [9.17, 15) is 18.0 Å². The number of halogens is 1. The number of carbonyl (C=O) groups is 2. The largest absolute Gasteiger partial charge is 0.340 e. The van der Waals surface area contributed by atoms with Gasteiger partial charge in [-0.25, -0.2) is 13.4 Å². The summed E-state index contributed by atoms with van der Waals surface area (Å²) in [4.78, 5) is 31.2. The van der Waals surface area contributed by atoms with E-state index in [0.717, 1.165) is 16.1 Å². The van der Waals surface area contributed by atoms with E-state index in [4.69, 9.17) is 11.6 Å². The molecule has 3 rings (SSSR count). The predicted octanol–water partition coefficient (Wildman–Crippen LogP) is 2.69. The standard InChI is InChI=1S/C21H25ClN4O4S/c1-15-6-3-4-8-18(15)26(31(2,29)30)14-20(27)25-11-5-7-16(13-25)21(28)24-19-10-9-17(22)12-23-19/h3-4,6,8-10,12,16H,5,7,11,13-14H2,1-2H3,(H,23,24,28). The molecule has 1 aromatic heterocycles. The van der Waals surface area contributed by atoms with E-state index < -0.39 is 15.9 Å². The first-order valence-corrected chi connectivity index (χ1v) is 12.1. The Morgan fingerprint density at radius 2 is 2.00 bits per heavy atom. The van der Waals surface area contributed by atoms with Crippen molar-refractivity contribution < 1.29 is 18.0 Å². The minimum absolute atomic E-state index is 0.226.